The summed E-state index contributed by atoms with van der Waals surface area (Å²) >= 11 is 0. The molecule has 2 aromatic rings. The van der Waals surface area contributed by atoms with E-state index in [2.05, 4.69) is 14.2 Å². The monoisotopic (exact) mass is 342 g/mol. The van der Waals surface area contributed by atoms with E-state index in [1.165, 1.54) is 23.4 Å². The molecule has 0 aliphatic carbocycles. The van der Waals surface area contributed by atoms with E-state index >= 15 is 0 Å². The number of benzene rings is 1. The van der Waals surface area contributed by atoms with Gasteiger partial charge in [0.2, 0.25) is 0 Å². The maximum absolute atomic E-state index is 12.5. The first-order valence-corrected chi connectivity index (χ1v) is 10.2. The smallest absolute Gasteiger partial charge is 0.265 e. The third-order valence-corrected chi connectivity index (χ3v) is 5.05. The Morgan fingerprint density at radius 1 is 1.18 bits per heavy atom. The zero-order chi connectivity index (χ0) is 16.5. The molecular weight excluding hydrogens is 324 g/mol. The lowest BCUT2D eigenvalue weighted by molar-refractivity contribution is 0.600. The van der Waals surface area contributed by atoms with Crippen molar-refractivity contribution in [3.8, 4) is 0 Å². The third-order valence-electron chi connectivity index (χ3n) is 2.95. The number of aryl methyl sites for hydroxylation is 1. The van der Waals surface area contributed by atoms with E-state index < -0.39 is 19.8 Å². The predicted octanol–water partition coefficient (Wildman–Crippen LogP) is 1.89. The Morgan fingerprint density at radius 2 is 1.82 bits per heavy atom. The summed E-state index contributed by atoms with van der Waals surface area (Å²) in [4.78, 5) is 0.0959. The van der Waals surface area contributed by atoms with Gasteiger partial charge in [-0.05, 0) is 19.1 Å². The highest BCUT2D eigenvalue weighted by Gasteiger charge is 2.21. The average molecular weight is 342 g/mol. The second-order valence-electron chi connectivity index (χ2n) is 5.11. The van der Waals surface area contributed by atoms with Crippen LogP contribution in [-0.2, 0) is 26.8 Å². The number of nitrogens with one attached hydrogen (secondary N) is 1. The Hall–Kier alpha value is -1.87. The van der Waals surface area contributed by atoms with Gasteiger partial charge in [0.05, 0.1) is 23.3 Å². The van der Waals surface area contributed by atoms with E-state index in [0.717, 1.165) is 0 Å². The third kappa shape index (κ3) is 3.66. The number of para-hydroxylation sites is 1. The summed E-state index contributed by atoms with van der Waals surface area (Å²) in [6.45, 7) is 1.67. The van der Waals surface area contributed by atoms with Gasteiger partial charge in [0.1, 0.15) is 4.90 Å². The van der Waals surface area contributed by atoms with Crippen LogP contribution in [0.25, 0.3) is 0 Å². The van der Waals surface area contributed by atoms with E-state index in [0.29, 0.717) is 11.4 Å². The Morgan fingerprint density at radius 3 is 2.36 bits per heavy atom. The topological polar surface area (TPSA) is 93.4 Å². The summed E-state index contributed by atoms with van der Waals surface area (Å²) in [6.07, 6.45) is 4.27. The lowest BCUT2D eigenvalue weighted by atomic mass is 10.3. The number of rotatable bonds is 4. The number of nitrogens with zero attached hydrogens (tertiary/aromatic N) is 3. The molecule has 0 aliphatic rings. The predicted molar refractivity (Wildman–Crippen MR) is 87.3 cm³/mol. The number of hydrogen-bond acceptors (Lipinski definition) is 5. The van der Waals surface area contributed by atoms with Crippen LogP contribution >= 0.6 is 0 Å². The molecule has 1 aromatic heterocycles. The van der Waals surface area contributed by atoms with Gasteiger partial charge in [-0.15, -0.1) is 0 Å². The lowest BCUT2D eigenvalue weighted by Crippen LogP contribution is -2.14. The van der Waals surface area contributed by atoms with Crippen molar-refractivity contribution in [3.63, 3.8) is 0 Å². The molecule has 0 bridgehead atoms. The van der Waals surface area contributed by atoms with Crippen LogP contribution in [0.4, 0.5) is 11.4 Å². The molecule has 0 fully saturated rings. The molecule has 120 valence electrons. The van der Waals surface area contributed by atoms with Crippen molar-refractivity contribution >= 4 is 31.1 Å². The molecule has 0 unspecified atom stereocenters. The number of sulfonamides is 1. The Kier molecular flexibility index (Phi) is 4.30. The maximum atomic E-state index is 12.5. The molecule has 7 nitrogen and oxygen atoms in total. The fraction of sp³-hybridized carbons (Fsp3) is 0.308. The molecule has 9 heteroatoms. The van der Waals surface area contributed by atoms with Crippen molar-refractivity contribution in [1.29, 1.82) is 0 Å². The standard InChI is InChI=1S/C13H18N4O3S2/c1-10-13(9-14-17(10)2)22(19,20)16-12-8-6-5-7-11(12)15-21(3,4)18/h5-9,16H,1-4H3. The van der Waals surface area contributed by atoms with Gasteiger partial charge in [-0.2, -0.15) is 9.46 Å². The molecule has 1 N–H and O–H groups in total. The minimum Gasteiger partial charge on any atom is -0.277 e. The summed E-state index contributed by atoms with van der Waals surface area (Å²) in [5, 5.41) is 3.93. The second kappa shape index (κ2) is 5.73. The minimum atomic E-state index is -3.79. The highest BCUT2D eigenvalue weighted by atomic mass is 32.2. The Balaban J connectivity index is 2.48. The maximum Gasteiger partial charge on any atom is 0.265 e. The number of anilines is 1. The first kappa shape index (κ1) is 16.5. The SMILES string of the molecule is Cc1c(S(=O)(=O)Nc2ccccc2N=S(C)(C)=O)cnn1C. The van der Waals surface area contributed by atoms with E-state index in [-0.39, 0.29) is 10.6 Å². The molecule has 0 aliphatic heterocycles. The van der Waals surface area contributed by atoms with Gasteiger partial charge in [-0.3, -0.25) is 9.40 Å². The van der Waals surface area contributed by atoms with Crippen molar-refractivity contribution in [3.05, 3.63) is 36.2 Å². The van der Waals surface area contributed by atoms with Gasteiger partial charge in [0.25, 0.3) is 10.0 Å². The summed E-state index contributed by atoms with van der Waals surface area (Å²) in [5.74, 6) is 0. The van der Waals surface area contributed by atoms with Gasteiger partial charge in [-0.25, -0.2) is 12.6 Å². The van der Waals surface area contributed by atoms with Crippen LogP contribution in [0.2, 0.25) is 0 Å². The largest absolute Gasteiger partial charge is 0.277 e. The molecule has 0 amide bonds. The average Bonchev–Trinajstić information content (AvgIpc) is 2.71. The Bertz CT molecular complexity index is 915. The van der Waals surface area contributed by atoms with Gasteiger partial charge in [0.15, 0.2) is 0 Å². The van der Waals surface area contributed by atoms with Crippen molar-refractivity contribution in [2.24, 2.45) is 11.4 Å². The summed E-state index contributed by atoms with van der Waals surface area (Å²) in [5.41, 5.74) is 1.14. The van der Waals surface area contributed by atoms with E-state index in [1.54, 1.807) is 38.2 Å². The summed E-state index contributed by atoms with van der Waals surface area (Å²) in [7, 11) is -4.52. The van der Waals surface area contributed by atoms with Gasteiger partial charge < -0.3 is 0 Å². The van der Waals surface area contributed by atoms with Crippen LogP contribution in [0.5, 0.6) is 0 Å². The highest BCUT2D eigenvalue weighted by Crippen LogP contribution is 2.28. The van der Waals surface area contributed by atoms with Crippen LogP contribution < -0.4 is 4.72 Å². The molecular formula is C13H18N4O3S2. The molecule has 0 saturated carbocycles. The minimum absolute atomic E-state index is 0.0959. The van der Waals surface area contributed by atoms with Gasteiger partial charge in [-0.1, -0.05) is 12.1 Å². The number of aromatic nitrogens is 2. The fourth-order valence-corrected chi connectivity index (χ4v) is 3.73. The van der Waals surface area contributed by atoms with E-state index in [1.807, 2.05) is 0 Å². The zero-order valence-electron chi connectivity index (χ0n) is 12.8. The molecule has 0 spiro atoms. The first-order chi connectivity index (χ1) is 10.1. The molecule has 0 saturated heterocycles. The summed E-state index contributed by atoms with van der Waals surface area (Å²) < 4.78 is 44.8. The van der Waals surface area contributed by atoms with Crippen molar-refractivity contribution in [1.82, 2.24) is 9.78 Å². The number of hydrogen-bond donors (Lipinski definition) is 1. The van der Waals surface area contributed by atoms with Crippen LogP contribution in [-0.4, -0.2) is 34.9 Å². The zero-order valence-corrected chi connectivity index (χ0v) is 14.4. The fourth-order valence-electron chi connectivity index (χ4n) is 1.82. The second-order valence-corrected chi connectivity index (χ2v) is 9.31. The van der Waals surface area contributed by atoms with Crippen LogP contribution in [0.15, 0.2) is 39.7 Å². The molecule has 0 radical (unpaired) electrons. The van der Waals surface area contributed by atoms with Crippen LogP contribution in [0.3, 0.4) is 0 Å². The normalized spacial score (nSPS) is 12.2. The quantitative estimate of drug-likeness (QED) is 0.918. The highest BCUT2D eigenvalue weighted by molar-refractivity contribution is 7.93. The molecule has 1 aromatic carbocycles. The lowest BCUT2D eigenvalue weighted by Gasteiger charge is -2.10. The first-order valence-electron chi connectivity index (χ1n) is 6.38. The van der Waals surface area contributed by atoms with Crippen LogP contribution in [0.1, 0.15) is 5.69 Å². The summed E-state index contributed by atoms with van der Waals surface area (Å²) in [6, 6.07) is 6.57. The molecule has 1 heterocycles. The van der Waals surface area contributed by atoms with Crippen molar-refractivity contribution in [2.45, 2.75) is 11.8 Å². The van der Waals surface area contributed by atoms with Crippen molar-refractivity contribution < 1.29 is 12.6 Å². The molecule has 2 rings (SSSR count). The van der Waals surface area contributed by atoms with Crippen LogP contribution in [0, 0.1) is 6.92 Å². The van der Waals surface area contributed by atoms with E-state index in [9.17, 15) is 12.6 Å². The van der Waals surface area contributed by atoms with Gasteiger partial charge >= 0.3 is 0 Å². The van der Waals surface area contributed by atoms with Gasteiger partial charge in [0, 0.05) is 29.3 Å². The Labute approximate surface area is 130 Å². The molecule has 0 atom stereocenters. The molecule has 22 heavy (non-hydrogen) atoms. The van der Waals surface area contributed by atoms with Crippen molar-refractivity contribution in [2.75, 3.05) is 17.2 Å². The van der Waals surface area contributed by atoms with E-state index in [4.69, 9.17) is 0 Å².